The number of hydrogen-bond acceptors (Lipinski definition) is 10. The monoisotopic (exact) mass is 466 g/mol. The molecule has 3 heterocycles. The van der Waals surface area contributed by atoms with E-state index in [1.165, 1.54) is 0 Å². The van der Waals surface area contributed by atoms with Crippen molar-refractivity contribution in [2.24, 2.45) is 5.11 Å². The van der Waals surface area contributed by atoms with Crippen LogP contribution in [0.3, 0.4) is 0 Å². The normalized spacial score (nSPS) is 26.4. The van der Waals surface area contributed by atoms with Crippen LogP contribution in [0.1, 0.15) is 6.23 Å². The highest BCUT2D eigenvalue weighted by molar-refractivity contribution is 7.70. The van der Waals surface area contributed by atoms with Crippen molar-refractivity contribution in [1.82, 2.24) is 19.5 Å². The van der Waals surface area contributed by atoms with Crippen LogP contribution in [0.5, 0.6) is 0 Å². The maximum absolute atomic E-state index is 11.9. The van der Waals surface area contributed by atoms with Gasteiger partial charge in [-0.1, -0.05) is 5.11 Å². The van der Waals surface area contributed by atoms with Gasteiger partial charge in [-0.25, -0.2) is 4.98 Å². The Morgan fingerprint density at radius 3 is 2.77 bits per heavy atom. The van der Waals surface area contributed by atoms with Crippen molar-refractivity contribution in [3.05, 3.63) is 27.1 Å². The van der Waals surface area contributed by atoms with Crippen molar-refractivity contribution in [1.29, 1.82) is 0 Å². The van der Waals surface area contributed by atoms with E-state index < -0.39 is 57.7 Å². The third-order valence-electron chi connectivity index (χ3n) is 4.05. The number of aromatic amines is 1. The van der Waals surface area contributed by atoms with E-state index in [0.29, 0.717) is 0 Å². The topological polar surface area (TPSA) is 272 Å². The van der Waals surface area contributed by atoms with Gasteiger partial charge in [0.25, 0.3) is 5.56 Å². The van der Waals surface area contributed by atoms with Gasteiger partial charge in [0.2, 0.25) is 5.95 Å². The first kappa shape index (κ1) is 22.4. The van der Waals surface area contributed by atoms with Crippen molar-refractivity contribution in [2.75, 3.05) is 18.2 Å². The number of nitrogen functional groups attached to an aromatic ring is 1. The minimum Gasteiger partial charge on any atom is -0.388 e. The Morgan fingerprint density at radius 1 is 1.43 bits per heavy atom. The van der Waals surface area contributed by atoms with Gasteiger partial charge in [0, 0.05) is 4.91 Å². The summed E-state index contributed by atoms with van der Waals surface area (Å²) in [7, 11) is -9.57. The predicted octanol–water partition coefficient (Wildman–Crippen LogP) is -1.02. The van der Waals surface area contributed by atoms with Gasteiger partial charge in [-0.2, -0.15) is 4.98 Å². The minimum absolute atomic E-state index is 0.0455. The Balaban J connectivity index is 1.88. The van der Waals surface area contributed by atoms with Crippen LogP contribution >= 0.6 is 15.2 Å². The van der Waals surface area contributed by atoms with Gasteiger partial charge >= 0.3 is 15.2 Å². The third kappa shape index (κ3) is 4.70. The standard InChI is InChI=1S/C11H16N8O9P2/c12-11-15-8-6(9(21)16-11)14-2-19(8)10-7(20)5(17-18-13)4(28-10)1-27-30(25,26)3-29(22,23)24/h2,4-5,7,10,20H,1,3H2,(H,25,26)(H2,22,23,24)(H3,12,15,16,21)/t4-,5?,7?,10-/m1/s1. The van der Waals surface area contributed by atoms with E-state index in [9.17, 15) is 23.9 Å². The second-order valence-electron chi connectivity index (χ2n) is 6.27. The summed E-state index contributed by atoms with van der Waals surface area (Å²) in [5.41, 5.74) is 13.5. The van der Waals surface area contributed by atoms with Crippen LogP contribution < -0.4 is 11.3 Å². The number of nitrogens with two attached hydrogens (primary N) is 1. The molecule has 0 spiro atoms. The molecular formula is C11H16N8O9P2. The highest BCUT2D eigenvalue weighted by atomic mass is 31.2. The first-order chi connectivity index (χ1) is 13.9. The molecule has 1 fully saturated rings. The van der Waals surface area contributed by atoms with E-state index in [1.807, 2.05) is 0 Å². The largest absolute Gasteiger partial charge is 0.388 e. The van der Waals surface area contributed by atoms with E-state index in [0.717, 1.165) is 10.9 Å². The van der Waals surface area contributed by atoms with Crippen LogP contribution in [0.15, 0.2) is 16.2 Å². The predicted molar refractivity (Wildman–Crippen MR) is 98.1 cm³/mol. The fraction of sp³-hybridized carbons (Fsp3) is 0.545. The van der Waals surface area contributed by atoms with Crippen LogP contribution in [0.25, 0.3) is 21.6 Å². The summed E-state index contributed by atoms with van der Waals surface area (Å²) in [5, 5.41) is 13.9. The number of rotatable bonds is 7. The summed E-state index contributed by atoms with van der Waals surface area (Å²) in [6.45, 7) is -0.742. The molecule has 3 unspecified atom stereocenters. The summed E-state index contributed by atoms with van der Waals surface area (Å²) in [5.74, 6) is -1.66. The Bertz CT molecular complexity index is 1150. The fourth-order valence-corrected chi connectivity index (χ4v) is 5.46. The van der Waals surface area contributed by atoms with Crippen LogP contribution in [0.4, 0.5) is 5.95 Å². The Morgan fingerprint density at radius 2 is 2.13 bits per heavy atom. The number of aromatic nitrogens is 4. The van der Waals surface area contributed by atoms with E-state index in [-0.39, 0.29) is 17.1 Å². The summed E-state index contributed by atoms with van der Waals surface area (Å²) < 4.78 is 34.2. The number of aliphatic hydroxyl groups is 1. The molecule has 0 saturated carbocycles. The van der Waals surface area contributed by atoms with Gasteiger partial charge in [-0.3, -0.25) is 23.5 Å². The van der Waals surface area contributed by atoms with Crippen LogP contribution in [-0.2, 0) is 18.4 Å². The zero-order chi connectivity index (χ0) is 22.3. The summed E-state index contributed by atoms with van der Waals surface area (Å²) in [6.07, 6.45) is -2.97. The molecule has 3 rings (SSSR count). The lowest BCUT2D eigenvalue weighted by Crippen LogP contribution is -2.32. The summed E-state index contributed by atoms with van der Waals surface area (Å²) in [4.78, 5) is 51.8. The SMILES string of the molecule is [N-]=[N+]=NC1C(O)[C@H](n2cnc3c(=O)[nH]c(N)nc32)O[C@@H]1COP(=O)(O)CP(=O)(O)O. The number of aliphatic hydroxyl groups excluding tert-OH is 1. The Labute approximate surface area is 165 Å². The smallest absolute Gasteiger partial charge is 0.340 e. The van der Waals surface area contributed by atoms with Gasteiger partial charge < -0.3 is 34.8 Å². The minimum atomic E-state index is -4.85. The first-order valence-corrected chi connectivity index (χ1v) is 11.6. The summed E-state index contributed by atoms with van der Waals surface area (Å²) in [6, 6.07) is -1.31. The second-order valence-corrected chi connectivity index (χ2v) is 10.3. The van der Waals surface area contributed by atoms with E-state index in [2.05, 4.69) is 29.5 Å². The molecular weight excluding hydrogens is 450 g/mol. The number of nitrogens with one attached hydrogen (secondary N) is 1. The van der Waals surface area contributed by atoms with Crippen LogP contribution in [0.2, 0.25) is 0 Å². The Hall–Kier alpha value is -2.32. The molecule has 1 aliphatic rings. The molecule has 5 atom stereocenters. The van der Waals surface area contributed by atoms with Gasteiger partial charge in [0.05, 0.1) is 25.1 Å². The van der Waals surface area contributed by atoms with E-state index in [4.69, 9.17) is 25.8 Å². The molecule has 1 saturated heterocycles. The van der Waals surface area contributed by atoms with Gasteiger partial charge in [-0.05, 0) is 5.53 Å². The average Bonchev–Trinajstić information content (AvgIpc) is 3.14. The Kier molecular flexibility index (Phi) is 6.02. The number of imidazole rings is 1. The highest BCUT2D eigenvalue weighted by Crippen LogP contribution is 2.55. The number of nitrogens with zero attached hydrogens (tertiary/aromatic N) is 6. The molecule has 0 amide bonds. The molecule has 17 nitrogen and oxygen atoms in total. The van der Waals surface area contributed by atoms with Gasteiger partial charge in [0.1, 0.15) is 6.10 Å². The number of azide groups is 1. The third-order valence-corrected chi connectivity index (χ3v) is 7.51. The van der Waals surface area contributed by atoms with E-state index >= 15 is 0 Å². The van der Waals surface area contributed by atoms with Crippen LogP contribution in [0, 0.1) is 0 Å². The quantitative estimate of drug-likeness (QED) is 0.124. The molecule has 0 bridgehead atoms. The lowest BCUT2D eigenvalue weighted by Gasteiger charge is -2.18. The fourth-order valence-electron chi connectivity index (χ4n) is 2.89. The van der Waals surface area contributed by atoms with Crippen LogP contribution in [-0.4, -0.2) is 70.1 Å². The van der Waals surface area contributed by atoms with Crippen molar-refractivity contribution in [3.63, 3.8) is 0 Å². The van der Waals surface area contributed by atoms with Crippen molar-refractivity contribution < 1.29 is 38.2 Å². The lowest BCUT2D eigenvalue weighted by atomic mass is 10.1. The van der Waals surface area contributed by atoms with E-state index in [1.54, 1.807) is 0 Å². The molecule has 164 valence electrons. The molecule has 0 aliphatic carbocycles. The van der Waals surface area contributed by atoms with Crippen molar-refractivity contribution in [3.8, 4) is 0 Å². The molecule has 2 aromatic rings. The zero-order valence-corrected chi connectivity index (χ0v) is 16.6. The average molecular weight is 466 g/mol. The van der Waals surface area contributed by atoms with Crippen molar-refractivity contribution in [2.45, 2.75) is 24.5 Å². The maximum Gasteiger partial charge on any atom is 0.340 e. The number of anilines is 1. The molecule has 0 aromatic carbocycles. The molecule has 2 aromatic heterocycles. The van der Waals surface area contributed by atoms with Crippen molar-refractivity contribution >= 4 is 32.3 Å². The molecule has 1 aliphatic heterocycles. The number of fused-ring (bicyclic) bond motifs is 1. The zero-order valence-electron chi connectivity index (χ0n) is 14.8. The maximum atomic E-state index is 11.9. The number of hydrogen-bond donors (Lipinski definition) is 6. The molecule has 19 heteroatoms. The lowest BCUT2D eigenvalue weighted by molar-refractivity contribution is -0.0466. The number of H-pyrrole nitrogens is 1. The molecule has 30 heavy (non-hydrogen) atoms. The van der Waals surface area contributed by atoms with Gasteiger partial charge in [0.15, 0.2) is 23.3 Å². The highest BCUT2D eigenvalue weighted by Gasteiger charge is 2.46. The second kappa shape index (κ2) is 8.07. The van der Waals surface area contributed by atoms with Gasteiger partial charge in [-0.15, -0.1) is 0 Å². The first-order valence-electron chi connectivity index (χ1n) is 8.03. The molecule has 0 radical (unpaired) electrons. The summed E-state index contributed by atoms with van der Waals surface area (Å²) >= 11 is 0. The molecule has 7 N–H and O–H groups in total. The number of ether oxygens (including phenoxy) is 1.